The van der Waals surface area contributed by atoms with Crippen molar-refractivity contribution in [2.75, 3.05) is 13.2 Å². The van der Waals surface area contributed by atoms with Gasteiger partial charge in [-0.15, -0.1) is 0 Å². The molecule has 100 valence electrons. The molecule has 2 rings (SSSR count). The lowest BCUT2D eigenvalue weighted by Crippen LogP contribution is -2.27. The molecule has 1 aliphatic rings. The highest BCUT2D eigenvalue weighted by Gasteiger charge is 2.18. The van der Waals surface area contributed by atoms with Crippen molar-refractivity contribution in [3.8, 4) is 5.75 Å². The van der Waals surface area contributed by atoms with Crippen molar-refractivity contribution in [3.05, 3.63) is 24.3 Å². The molecule has 1 aromatic carbocycles. The van der Waals surface area contributed by atoms with Crippen molar-refractivity contribution in [2.24, 2.45) is 0 Å². The van der Waals surface area contributed by atoms with E-state index in [1.807, 2.05) is 0 Å². The second kappa shape index (κ2) is 5.69. The Balaban J connectivity index is 1.90. The Morgan fingerprint density at radius 1 is 1.44 bits per heavy atom. The smallest absolute Gasteiger partial charge is 0.240 e. The number of benzene rings is 1. The summed E-state index contributed by atoms with van der Waals surface area (Å²) in [5.41, 5.74) is 0. The first kappa shape index (κ1) is 13.3. The zero-order valence-electron chi connectivity index (χ0n) is 10.0. The summed E-state index contributed by atoms with van der Waals surface area (Å²) in [6.45, 7) is 1.12. The molecule has 0 saturated carbocycles. The van der Waals surface area contributed by atoms with Gasteiger partial charge in [-0.05, 0) is 37.5 Å². The quantitative estimate of drug-likeness (QED) is 0.845. The SMILES string of the molecule is O=S(=O)(NCCC1CCCO1)c1cccc(O)c1. The first-order valence-electron chi connectivity index (χ1n) is 5.98. The molecule has 1 fully saturated rings. The van der Waals surface area contributed by atoms with Crippen LogP contribution in [0.5, 0.6) is 5.75 Å². The van der Waals surface area contributed by atoms with Crippen LogP contribution in [0.4, 0.5) is 0 Å². The van der Waals surface area contributed by atoms with E-state index in [1.165, 1.54) is 24.3 Å². The summed E-state index contributed by atoms with van der Waals surface area (Å²) in [6, 6.07) is 5.62. The van der Waals surface area contributed by atoms with Crippen LogP contribution in [0.25, 0.3) is 0 Å². The second-order valence-electron chi connectivity index (χ2n) is 4.32. The molecule has 0 radical (unpaired) electrons. The first-order valence-corrected chi connectivity index (χ1v) is 7.46. The summed E-state index contributed by atoms with van der Waals surface area (Å²) in [5, 5.41) is 9.26. The molecule has 1 saturated heterocycles. The van der Waals surface area contributed by atoms with Crippen LogP contribution in [-0.2, 0) is 14.8 Å². The van der Waals surface area contributed by atoms with Crippen LogP contribution in [0.3, 0.4) is 0 Å². The molecular weight excluding hydrogens is 254 g/mol. The maximum Gasteiger partial charge on any atom is 0.240 e. The number of sulfonamides is 1. The normalized spacial score (nSPS) is 20.1. The molecule has 1 heterocycles. The third-order valence-electron chi connectivity index (χ3n) is 2.91. The third-order valence-corrected chi connectivity index (χ3v) is 4.37. The number of aromatic hydroxyl groups is 1. The minimum atomic E-state index is -3.54. The topological polar surface area (TPSA) is 75.6 Å². The molecule has 5 nitrogen and oxygen atoms in total. The van der Waals surface area contributed by atoms with Gasteiger partial charge in [0.1, 0.15) is 5.75 Å². The van der Waals surface area contributed by atoms with E-state index in [0.717, 1.165) is 19.4 Å². The van der Waals surface area contributed by atoms with Gasteiger partial charge in [0.25, 0.3) is 0 Å². The van der Waals surface area contributed by atoms with Crippen LogP contribution in [-0.4, -0.2) is 32.8 Å². The average Bonchev–Trinajstić information content (AvgIpc) is 2.82. The Bertz CT molecular complexity index is 495. The first-order chi connectivity index (χ1) is 8.58. The Kier molecular flexibility index (Phi) is 4.21. The van der Waals surface area contributed by atoms with Crippen molar-refractivity contribution in [1.82, 2.24) is 4.72 Å². The van der Waals surface area contributed by atoms with Gasteiger partial charge < -0.3 is 9.84 Å². The van der Waals surface area contributed by atoms with E-state index >= 15 is 0 Å². The Morgan fingerprint density at radius 3 is 2.94 bits per heavy atom. The third kappa shape index (κ3) is 3.44. The lowest BCUT2D eigenvalue weighted by Gasteiger charge is -2.10. The zero-order chi connectivity index (χ0) is 13.0. The highest BCUT2D eigenvalue weighted by molar-refractivity contribution is 7.89. The molecule has 0 aliphatic carbocycles. The summed E-state index contributed by atoms with van der Waals surface area (Å²) in [7, 11) is -3.54. The maximum absolute atomic E-state index is 11.9. The molecule has 0 spiro atoms. The number of phenolic OH excluding ortho intramolecular Hbond substituents is 1. The van der Waals surface area contributed by atoms with E-state index < -0.39 is 10.0 Å². The van der Waals surface area contributed by atoms with Gasteiger partial charge in [-0.2, -0.15) is 0 Å². The van der Waals surface area contributed by atoms with Crippen molar-refractivity contribution >= 4 is 10.0 Å². The molecule has 1 atom stereocenters. The van der Waals surface area contributed by atoms with E-state index in [0.29, 0.717) is 13.0 Å². The lowest BCUT2D eigenvalue weighted by atomic mass is 10.2. The number of rotatable bonds is 5. The van der Waals surface area contributed by atoms with Gasteiger partial charge in [-0.1, -0.05) is 6.07 Å². The largest absolute Gasteiger partial charge is 0.508 e. The van der Waals surface area contributed by atoms with E-state index in [2.05, 4.69) is 4.72 Å². The molecule has 0 aromatic heterocycles. The van der Waals surface area contributed by atoms with Crippen molar-refractivity contribution in [3.63, 3.8) is 0 Å². The van der Waals surface area contributed by atoms with Gasteiger partial charge in [0.2, 0.25) is 10.0 Å². The fraction of sp³-hybridized carbons (Fsp3) is 0.500. The Hall–Kier alpha value is -1.11. The van der Waals surface area contributed by atoms with E-state index in [-0.39, 0.29) is 16.7 Å². The predicted octanol–water partition coefficient (Wildman–Crippen LogP) is 1.24. The highest BCUT2D eigenvalue weighted by Crippen LogP contribution is 2.17. The van der Waals surface area contributed by atoms with Crippen LogP contribution in [0, 0.1) is 0 Å². The van der Waals surface area contributed by atoms with Crippen molar-refractivity contribution in [2.45, 2.75) is 30.3 Å². The number of phenols is 1. The summed E-state index contributed by atoms with van der Waals surface area (Å²) >= 11 is 0. The van der Waals surface area contributed by atoms with Crippen LogP contribution < -0.4 is 4.72 Å². The minimum Gasteiger partial charge on any atom is -0.508 e. The number of nitrogens with one attached hydrogen (secondary N) is 1. The minimum absolute atomic E-state index is 0.0583. The van der Waals surface area contributed by atoms with Gasteiger partial charge in [-0.3, -0.25) is 0 Å². The molecule has 6 heteroatoms. The van der Waals surface area contributed by atoms with Crippen LogP contribution in [0.15, 0.2) is 29.2 Å². The van der Waals surface area contributed by atoms with Crippen LogP contribution in [0.2, 0.25) is 0 Å². The number of ether oxygens (including phenoxy) is 1. The molecule has 2 N–H and O–H groups in total. The lowest BCUT2D eigenvalue weighted by molar-refractivity contribution is 0.105. The Labute approximate surface area is 107 Å². The summed E-state index contributed by atoms with van der Waals surface area (Å²) < 4.78 is 31.7. The van der Waals surface area contributed by atoms with Crippen LogP contribution >= 0.6 is 0 Å². The van der Waals surface area contributed by atoms with Gasteiger partial charge in [0.15, 0.2) is 0 Å². The molecule has 0 amide bonds. The van der Waals surface area contributed by atoms with Crippen molar-refractivity contribution in [1.29, 1.82) is 0 Å². The highest BCUT2D eigenvalue weighted by atomic mass is 32.2. The Morgan fingerprint density at radius 2 is 2.28 bits per heavy atom. The summed E-state index contributed by atoms with van der Waals surface area (Å²) in [6.07, 6.45) is 2.88. The van der Waals surface area contributed by atoms with Gasteiger partial charge in [0, 0.05) is 13.2 Å². The number of hydrogen-bond donors (Lipinski definition) is 2. The predicted molar refractivity (Wildman–Crippen MR) is 66.9 cm³/mol. The zero-order valence-corrected chi connectivity index (χ0v) is 10.8. The summed E-state index contributed by atoms with van der Waals surface area (Å²) in [4.78, 5) is 0.0786. The molecule has 0 bridgehead atoms. The van der Waals surface area contributed by atoms with Crippen molar-refractivity contribution < 1.29 is 18.3 Å². The second-order valence-corrected chi connectivity index (χ2v) is 6.09. The molecule has 1 aliphatic heterocycles. The maximum atomic E-state index is 11.9. The monoisotopic (exact) mass is 271 g/mol. The van der Waals surface area contributed by atoms with Gasteiger partial charge >= 0.3 is 0 Å². The molecule has 18 heavy (non-hydrogen) atoms. The fourth-order valence-corrected chi connectivity index (χ4v) is 3.05. The van der Waals surface area contributed by atoms with E-state index in [4.69, 9.17) is 4.74 Å². The van der Waals surface area contributed by atoms with E-state index in [1.54, 1.807) is 0 Å². The standard InChI is InChI=1S/C12H17NO4S/c14-10-3-1-5-12(9-10)18(15,16)13-7-6-11-4-2-8-17-11/h1,3,5,9,11,13-14H,2,4,6-8H2. The number of hydrogen-bond acceptors (Lipinski definition) is 4. The van der Waals surface area contributed by atoms with Gasteiger partial charge in [-0.25, -0.2) is 13.1 Å². The molecular formula is C12H17NO4S. The average molecular weight is 271 g/mol. The summed E-state index contributed by atoms with van der Waals surface area (Å²) in [5.74, 6) is -0.0583. The van der Waals surface area contributed by atoms with Gasteiger partial charge in [0.05, 0.1) is 11.0 Å². The van der Waals surface area contributed by atoms with E-state index in [9.17, 15) is 13.5 Å². The molecule has 1 aromatic rings. The molecule has 1 unspecified atom stereocenters. The van der Waals surface area contributed by atoms with Crippen LogP contribution in [0.1, 0.15) is 19.3 Å². The fourth-order valence-electron chi connectivity index (χ4n) is 1.96.